The van der Waals surface area contributed by atoms with Crippen LogP contribution in [0.4, 0.5) is 11.4 Å². The van der Waals surface area contributed by atoms with E-state index in [1.807, 2.05) is 0 Å². The van der Waals surface area contributed by atoms with Crippen LogP contribution in [0.2, 0.25) is 5.02 Å². The molecule has 0 heterocycles. The van der Waals surface area contributed by atoms with E-state index < -0.39 is 10.8 Å². The van der Waals surface area contributed by atoms with E-state index in [1.165, 1.54) is 32.4 Å². The Morgan fingerprint density at radius 1 is 1.22 bits per heavy atom. The van der Waals surface area contributed by atoms with Crippen molar-refractivity contribution in [3.05, 3.63) is 62.7 Å². The Morgan fingerprint density at radius 2 is 1.93 bits per heavy atom. The largest absolute Gasteiger partial charge is 0.493 e. The summed E-state index contributed by atoms with van der Waals surface area (Å²) >= 11 is 5.74. The maximum atomic E-state index is 12.4. The van der Waals surface area contributed by atoms with Crippen molar-refractivity contribution in [2.45, 2.75) is 0 Å². The molecule has 0 radical (unpaired) electrons. The smallest absolute Gasteiger partial charge is 0.294 e. The van der Waals surface area contributed by atoms with Gasteiger partial charge in [-0.1, -0.05) is 17.7 Å². The van der Waals surface area contributed by atoms with E-state index in [0.29, 0.717) is 17.1 Å². The average Bonchev–Trinajstić information content (AvgIpc) is 2.66. The van der Waals surface area contributed by atoms with Gasteiger partial charge in [0, 0.05) is 11.1 Å². The number of benzene rings is 2. The van der Waals surface area contributed by atoms with Crippen LogP contribution in [0.15, 0.2) is 42.0 Å². The van der Waals surface area contributed by atoms with E-state index in [0.717, 1.165) is 6.07 Å². The summed E-state index contributed by atoms with van der Waals surface area (Å²) in [5.74, 6) is 0.129. The van der Waals surface area contributed by atoms with Crippen LogP contribution in [-0.2, 0) is 4.79 Å². The molecule has 0 atom stereocenters. The second-order valence-corrected chi connectivity index (χ2v) is 5.59. The van der Waals surface area contributed by atoms with Gasteiger partial charge in [-0.2, -0.15) is 5.26 Å². The van der Waals surface area contributed by atoms with Gasteiger partial charge in [-0.05, 0) is 35.9 Å². The van der Waals surface area contributed by atoms with E-state index in [4.69, 9.17) is 21.1 Å². The second kappa shape index (κ2) is 8.69. The third-order valence-electron chi connectivity index (χ3n) is 3.49. The molecule has 0 spiro atoms. The highest BCUT2D eigenvalue weighted by Crippen LogP contribution is 2.30. The molecule has 0 bridgehead atoms. The number of methoxy groups -OCH3 is 2. The van der Waals surface area contributed by atoms with E-state index in [-0.39, 0.29) is 22.0 Å². The van der Waals surface area contributed by atoms with Crippen LogP contribution in [0.3, 0.4) is 0 Å². The van der Waals surface area contributed by atoms with Crippen LogP contribution in [0.25, 0.3) is 6.08 Å². The lowest BCUT2D eigenvalue weighted by atomic mass is 10.1. The predicted octanol–water partition coefficient (Wildman–Crippen LogP) is 3.81. The number of halogens is 1. The minimum Gasteiger partial charge on any atom is -0.493 e. The molecule has 0 aromatic heterocycles. The number of rotatable bonds is 6. The summed E-state index contributed by atoms with van der Waals surface area (Å²) in [6.45, 7) is 0. The highest BCUT2D eigenvalue weighted by Gasteiger charge is 2.18. The van der Waals surface area contributed by atoms with Crippen LogP contribution < -0.4 is 14.8 Å². The van der Waals surface area contributed by atoms with Gasteiger partial charge in [-0.3, -0.25) is 14.9 Å². The van der Waals surface area contributed by atoms with Crippen molar-refractivity contribution in [2.24, 2.45) is 0 Å². The summed E-state index contributed by atoms with van der Waals surface area (Å²) in [4.78, 5) is 22.8. The zero-order valence-corrected chi connectivity index (χ0v) is 15.1. The number of anilines is 1. The standard InChI is InChI=1S/C18H14ClN3O5/c1-26-16-6-3-11(8-17(16)27-2)7-12(10-20)18(23)21-14-5-4-13(19)9-15(14)22(24)25/h3-9H,1-2H3,(H,21,23)/b12-7+. The number of amides is 1. The van der Waals surface area contributed by atoms with Gasteiger partial charge in [0.15, 0.2) is 11.5 Å². The third-order valence-corrected chi connectivity index (χ3v) is 3.72. The topological polar surface area (TPSA) is 114 Å². The lowest BCUT2D eigenvalue weighted by Crippen LogP contribution is -2.14. The number of ether oxygens (including phenoxy) is 2. The number of hydrogen-bond donors (Lipinski definition) is 1. The Hall–Kier alpha value is -3.57. The number of nitrogens with one attached hydrogen (secondary N) is 1. The van der Waals surface area contributed by atoms with Crippen LogP contribution in [0, 0.1) is 21.4 Å². The normalized spacial score (nSPS) is 10.7. The Kier molecular flexibility index (Phi) is 6.36. The van der Waals surface area contributed by atoms with Crippen molar-refractivity contribution in [1.82, 2.24) is 0 Å². The van der Waals surface area contributed by atoms with Gasteiger partial charge in [0.25, 0.3) is 11.6 Å². The summed E-state index contributed by atoms with van der Waals surface area (Å²) in [6.07, 6.45) is 1.33. The highest BCUT2D eigenvalue weighted by molar-refractivity contribution is 6.31. The van der Waals surface area contributed by atoms with Crippen molar-refractivity contribution in [3.63, 3.8) is 0 Å². The van der Waals surface area contributed by atoms with E-state index in [2.05, 4.69) is 5.32 Å². The molecule has 9 heteroatoms. The van der Waals surface area contributed by atoms with Gasteiger partial charge < -0.3 is 14.8 Å². The first-order chi connectivity index (χ1) is 12.9. The van der Waals surface area contributed by atoms with Gasteiger partial charge in [0.2, 0.25) is 0 Å². The molecular formula is C18H14ClN3O5. The highest BCUT2D eigenvalue weighted by atomic mass is 35.5. The SMILES string of the molecule is COc1ccc(/C=C(\C#N)C(=O)Nc2ccc(Cl)cc2[N+](=O)[O-])cc1OC. The van der Waals surface area contributed by atoms with Crippen molar-refractivity contribution < 1.29 is 19.2 Å². The molecule has 0 saturated carbocycles. The maximum absolute atomic E-state index is 12.4. The molecule has 0 saturated heterocycles. The lowest BCUT2D eigenvalue weighted by molar-refractivity contribution is -0.383. The van der Waals surface area contributed by atoms with Crippen molar-refractivity contribution in [1.29, 1.82) is 5.26 Å². The minimum atomic E-state index is -0.794. The third kappa shape index (κ3) is 4.74. The van der Waals surface area contributed by atoms with Gasteiger partial charge in [0.05, 0.1) is 19.1 Å². The molecule has 138 valence electrons. The predicted molar refractivity (Wildman–Crippen MR) is 99.9 cm³/mol. The summed E-state index contributed by atoms with van der Waals surface area (Å²) in [7, 11) is 2.95. The molecule has 2 aromatic carbocycles. The molecular weight excluding hydrogens is 374 g/mol. The Balaban J connectivity index is 2.33. The maximum Gasteiger partial charge on any atom is 0.294 e. The molecule has 0 aliphatic rings. The van der Waals surface area contributed by atoms with E-state index >= 15 is 0 Å². The van der Waals surface area contributed by atoms with Gasteiger partial charge in [-0.25, -0.2) is 0 Å². The molecule has 8 nitrogen and oxygen atoms in total. The fraction of sp³-hybridized carbons (Fsp3) is 0.111. The Morgan fingerprint density at radius 3 is 2.52 bits per heavy atom. The molecule has 27 heavy (non-hydrogen) atoms. The Labute approximate surface area is 159 Å². The number of nitro benzene ring substituents is 1. The number of carbonyl (C=O) groups is 1. The average molecular weight is 388 g/mol. The summed E-state index contributed by atoms with van der Waals surface area (Å²) in [6, 6.07) is 10.4. The van der Waals surface area contributed by atoms with E-state index in [1.54, 1.807) is 24.3 Å². The van der Waals surface area contributed by atoms with Crippen molar-refractivity contribution in [3.8, 4) is 17.6 Å². The summed E-state index contributed by atoms with van der Waals surface area (Å²) in [5.41, 5.74) is -0.168. The lowest BCUT2D eigenvalue weighted by Gasteiger charge is -2.08. The minimum absolute atomic E-state index is 0.0668. The van der Waals surface area contributed by atoms with Crippen LogP contribution in [0.1, 0.15) is 5.56 Å². The molecule has 1 N–H and O–H groups in total. The first-order valence-corrected chi connectivity index (χ1v) is 7.86. The first-order valence-electron chi connectivity index (χ1n) is 7.48. The summed E-state index contributed by atoms with van der Waals surface area (Å²) < 4.78 is 10.3. The monoisotopic (exact) mass is 387 g/mol. The number of nitro groups is 1. The van der Waals surface area contributed by atoms with Crippen LogP contribution in [-0.4, -0.2) is 25.1 Å². The quantitative estimate of drug-likeness (QED) is 0.349. The second-order valence-electron chi connectivity index (χ2n) is 5.16. The van der Waals surface area contributed by atoms with Crippen molar-refractivity contribution in [2.75, 3.05) is 19.5 Å². The summed E-state index contributed by atoms with van der Waals surface area (Å²) in [5, 5.41) is 22.9. The zero-order valence-electron chi connectivity index (χ0n) is 14.4. The molecule has 0 aliphatic heterocycles. The molecule has 0 fully saturated rings. The molecule has 2 rings (SSSR count). The molecule has 1 amide bonds. The number of hydrogen-bond acceptors (Lipinski definition) is 6. The van der Waals surface area contributed by atoms with Crippen molar-refractivity contribution >= 4 is 35.0 Å². The van der Waals surface area contributed by atoms with Gasteiger partial charge in [-0.15, -0.1) is 0 Å². The molecule has 0 aliphatic carbocycles. The number of nitrogens with zero attached hydrogens (tertiary/aromatic N) is 2. The fourth-order valence-corrected chi connectivity index (χ4v) is 2.38. The zero-order chi connectivity index (χ0) is 20.0. The van der Waals surface area contributed by atoms with Crippen LogP contribution in [0.5, 0.6) is 11.5 Å². The number of carbonyl (C=O) groups excluding carboxylic acids is 1. The number of nitriles is 1. The molecule has 2 aromatic rings. The van der Waals surface area contributed by atoms with Gasteiger partial charge >= 0.3 is 0 Å². The van der Waals surface area contributed by atoms with Crippen LogP contribution >= 0.6 is 11.6 Å². The molecule has 0 unspecified atom stereocenters. The van der Waals surface area contributed by atoms with Gasteiger partial charge in [0.1, 0.15) is 17.3 Å². The first kappa shape index (κ1) is 19.8. The van der Waals surface area contributed by atoms with E-state index in [9.17, 15) is 20.2 Å². The Bertz CT molecular complexity index is 966. The fourth-order valence-electron chi connectivity index (χ4n) is 2.21.